The van der Waals surface area contributed by atoms with E-state index in [0.29, 0.717) is 5.92 Å². The fourth-order valence-electron chi connectivity index (χ4n) is 4.42. The molecule has 4 heteroatoms. The van der Waals surface area contributed by atoms with E-state index in [9.17, 15) is 4.79 Å². The Kier molecular flexibility index (Phi) is 4.32. The zero-order valence-corrected chi connectivity index (χ0v) is 15.7. The molecule has 3 aromatic carbocycles. The quantitative estimate of drug-likeness (QED) is 0.523. The highest BCUT2D eigenvalue weighted by atomic mass is 16.1. The van der Waals surface area contributed by atoms with Crippen LogP contribution in [0.3, 0.4) is 0 Å². The smallest absolute Gasteiger partial charge is 0.252 e. The number of nitrogens with zero attached hydrogens (tertiary/aromatic N) is 1. The molecule has 0 aliphatic heterocycles. The van der Waals surface area contributed by atoms with E-state index in [1.807, 2.05) is 60.7 Å². The molecule has 2 atom stereocenters. The molecule has 0 unspecified atom stereocenters. The minimum absolute atomic E-state index is 0.0204. The predicted molar refractivity (Wildman–Crippen MR) is 113 cm³/mol. The second kappa shape index (κ2) is 7.12. The van der Waals surface area contributed by atoms with Crippen LogP contribution in [0.5, 0.6) is 0 Å². The molecule has 5 rings (SSSR count). The lowest BCUT2D eigenvalue weighted by atomic mass is 9.85. The molecule has 2 N–H and O–H groups in total. The standard InChI is InChI=1S/C24H23N3O/c28-24(20-12-6-8-16-7-1-2-11-19(16)20)25-18-10-5-9-17(15-18)23-26-21-13-3-4-14-22(21)27-23/h1-4,6-8,11-14,17-18H,5,9-10,15H2,(H,25,28)(H,26,27)/t17-,18+/m0/s1. The van der Waals surface area contributed by atoms with E-state index in [4.69, 9.17) is 4.98 Å². The predicted octanol–water partition coefficient (Wildman–Crippen LogP) is 5.17. The van der Waals surface area contributed by atoms with Crippen LogP contribution in [0.1, 0.15) is 47.8 Å². The van der Waals surface area contributed by atoms with E-state index in [1.54, 1.807) is 0 Å². The second-order valence-electron chi connectivity index (χ2n) is 7.70. The molecule has 1 aliphatic rings. The Bertz CT molecular complexity index is 1110. The van der Waals surface area contributed by atoms with Gasteiger partial charge >= 0.3 is 0 Å². The summed E-state index contributed by atoms with van der Waals surface area (Å²) in [6.07, 6.45) is 4.16. The molecule has 0 saturated heterocycles. The number of imidazole rings is 1. The van der Waals surface area contributed by atoms with Gasteiger partial charge in [-0.15, -0.1) is 0 Å². The molecule has 1 saturated carbocycles. The van der Waals surface area contributed by atoms with Crippen LogP contribution in [0.4, 0.5) is 0 Å². The summed E-state index contributed by atoms with van der Waals surface area (Å²) in [7, 11) is 0. The van der Waals surface area contributed by atoms with E-state index >= 15 is 0 Å². The van der Waals surface area contributed by atoms with Gasteiger partial charge in [0.2, 0.25) is 0 Å². The van der Waals surface area contributed by atoms with E-state index in [2.05, 4.69) is 16.4 Å². The monoisotopic (exact) mass is 369 g/mol. The number of hydrogen-bond acceptors (Lipinski definition) is 2. The summed E-state index contributed by atoms with van der Waals surface area (Å²) in [5, 5.41) is 5.38. The number of amides is 1. The van der Waals surface area contributed by atoms with Crippen molar-refractivity contribution in [3.63, 3.8) is 0 Å². The Morgan fingerprint density at radius 3 is 2.71 bits per heavy atom. The first kappa shape index (κ1) is 17.0. The minimum Gasteiger partial charge on any atom is -0.349 e. The Balaban J connectivity index is 1.34. The number of rotatable bonds is 3. The number of para-hydroxylation sites is 2. The third-order valence-electron chi connectivity index (χ3n) is 5.84. The first-order chi connectivity index (χ1) is 13.8. The van der Waals surface area contributed by atoms with Crippen molar-refractivity contribution in [1.29, 1.82) is 0 Å². The van der Waals surface area contributed by atoms with Crippen molar-refractivity contribution >= 4 is 27.7 Å². The molecular weight excluding hydrogens is 346 g/mol. The molecule has 0 spiro atoms. The Morgan fingerprint density at radius 2 is 1.79 bits per heavy atom. The van der Waals surface area contributed by atoms with Crippen LogP contribution in [0, 0.1) is 0 Å². The number of carbonyl (C=O) groups excluding carboxylic acids is 1. The molecule has 4 aromatic rings. The summed E-state index contributed by atoms with van der Waals surface area (Å²) in [4.78, 5) is 21.2. The Morgan fingerprint density at radius 1 is 0.964 bits per heavy atom. The van der Waals surface area contributed by atoms with E-state index in [0.717, 1.165) is 58.9 Å². The number of nitrogens with one attached hydrogen (secondary N) is 2. The number of H-pyrrole nitrogens is 1. The lowest BCUT2D eigenvalue weighted by Gasteiger charge is -2.28. The maximum atomic E-state index is 13.0. The molecule has 1 aromatic heterocycles. The van der Waals surface area contributed by atoms with Crippen molar-refractivity contribution in [2.45, 2.75) is 37.6 Å². The molecule has 28 heavy (non-hydrogen) atoms. The van der Waals surface area contributed by atoms with Crippen molar-refractivity contribution in [2.75, 3.05) is 0 Å². The molecular formula is C24H23N3O. The number of benzene rings is 3. The maximum Gasteiger partial charge on any atom is 0.252 e. The van der Waals surface area contributed by atoms with Crippen molar-refractivity contribution in [1.82, 2.24) is 15.3 Å². The normalized spacial score (nSPS) is 19.7. The molecule has 1 amide bonds. The van der Waals surface area contributed by atoms with E-state index in [-0.39, 0.29) is 11.9 Å². The minimum atomic E-state index is 0.0204. The Labute approximate surface area is 164 Å². The first-order valence-corrected chi connectivity index (χ1v) is 10.0. The molecule has 4 nitrogen and oxygen atoms in total. The summed E-state index contributed by atoms with van der Waals surface area (Å²) >= 11 is 0. The van der Waals surface area contributed by atoms with Crippen LogP contribution in [0.2, 0.25) is 0 Å². The highest BCUT2D eigenvalue weighted by molar-refractivity contribution is 6.07. The van der Waals surface area contributed by atoms with Crippen LogP contribution in [0.15, 0.2) is 66.7 Å². The van der Waals surface area contributed by atoms with Gasteiger partial charge in [0.05, 0.1) is 11.0 Å². The molecule has 1 fully saturated rings. The molecule has 0 bridgehead atoms. The molecule has 1 heterocycles. The van der Waals surface area contributed by atoms with Crippen LogP contribution in [-0.2, 0) is 0 Å². The van der Waals surface area contributed by atoms with Gasteiger partial charge in [-0.2, -0.15) is 0 Å². The van der Waals surface area contributed by atoms with E-state index < -0.39 is 0 Å². The average Bonchev–Trinajstić information content (AvgIpc) is 3.18. The molecule has 1 aliphatic carbocycles. The highest BCUT2D eigenvalue weighted by Gasteiger charge is 2.27. The molecule has 140 valence electrons. The lowest BCUT2D eigenvalue weighted by Crippen LogP contribution is -2.38. The number of aromatic nitrogens is 2. The van der Waals surface area contributed by atoms with Gasteiger partial charge < -0.3 is 10.3 Å². The zero-order chi connectivity index (χ0) is 18.9. The summed E-state index contributed by atoms with van der Waals surface area (Å²) in [6, 6.07) is 22.3. The summed E-state index contributed by atoms with van der Waals surface area (Å²) in [5.41, 5.74) is 2.85. The van der Waals surface area contributed by atoms with Gasteiger partial charge in [0.15, 0.2) is 0 Å². The zero-order valence-electron chi connectivity index (χ0n) is 15.7. The largest absolute Gasteiger partial charge is 0.349 e. The van der Waals surface area contributed by atoms with Crippen molar-refractivity contribution in [2.24, 2.45) is 0 Å². The van der Waals surface area contributed by atoms with Crippen molar-refractivity contribution < 1.29 is 4.79 Å². The lowest BCUT2D eigenvalue weighted by molar-refractivity contribution is 0.0926. The third-order valence-corrected chi connectivity index (χ3v) is 5.84. The first-order valence-electron chi connectivity index (χ1n) is 10.0. The van der Waals surface area contributed by atoms with Gasteiger partial charge in [0, 0.05) is 17.5 Å². The van der Waals surface area contributed by atoms with Gasteiger partial charge in [0.25, 0.3) is 5.91 Å². The fraction of sp³-hybridized carbons (Fsp3) is 0.250. The third kappa shape index (κ3) is 3.15. The topological polar surface area (TPSA) is 57.8 Å². The van der Waals surface area contributed by atoms with Crippen LogP contribution < -0.4 is 5.32 Å². The summed E-state index contributed by atoms with van der Waals surface area (Å²) < 4.78 is 0. The van der Waals surface area contributed by atoms with Gasteiger partial charge in [-0.3, -0.25) is 4.79 Å². The number of fused-ring (bicyclic) bond motifs is 2. The average molecular weight is 369 g/mol. The maximum absolute atomic E-state index is 13.0. The van der Waals surface area contributed by atoms with Gasteiger partial charge in [-0.1, -0.05) is 55.0 Å². The van der Waals surface area contributed by atoms with Crippen LogP contribution >= 0.6 is 0 Å². The number of hydrogen-bond donors (Lipinski definition) is 2. The van der Waals surface area contributed by atoms with Gasteiger partial charge in [-0.25, -0.2) is 4.98 Å². The van der Waals surface area contributed by atoms with Gasteiger partial charge in [-0.05, 0) is 48.2 Å². The molecule has 0 radical (unpaired) electrons. The van der Waals surface area contributed by atoms with Crippen molar-refractivity contribution in [3.8, 4) is 0 Å². The second-order valence-corrected chi connectivity index (χ2v) is 7.70. The van der Waals surface area contributed by atoms with E-state index in [1.165, 1.54) is 0 Å². The highest BCUT2D eigenvalue weighted by Crippen LogP contribution is 2.32. The fourth-order valence-corrected chi connectivity index (χ4v) is 4.42. The number of carbonyl (C=O) groups is 1. The SMILES string of the molecule is O=C(N[C@@H]1CCC[C@H](c2nc3ccccc3[nH]2)C1)c1cccc2ccccc12. The summed E-state index contributed by atoms with van der Waals surface area (Å²) in [5.74, 6) is 1.43. The summed E-state index contributed by atoms with van der Waals surface area (Å²) in [6.45, 7) is 0. The van der Waals surface area contributed by atoms with Crippen LogP contribution in [0.25, 0.3) is 21.8 Å². The number of aromatic amines is 1. The van der Waals surface area contributed by atoms with Crippen molar-refractivity contribution in [3.05, 3.63) is 78.1 Å². The van der Waals surface area contributed by atoms with Gasteiger partial charge in [0.1, 0.15) is 5.82 Å². The Hall–Kier alpha value is -3.14. The van der Waals surface area contributed by atoms with Crippen LogP contribution in [-0.4, -0.2) is 21.9 Å².